The monoisotopic (exact) mass is 388 g/mol. The number of rotatable bonds is 8. The molecule has 0 unspecified atom stereocenters. The van der Waals surface area contributed by atoms with E-state index in [0.29, 0.717) is 35.0 Å². The number of ether oxygens (including phenoxy) is 4. The molecule has 28 heavy (non-hydrogen) atoms. The van der Waals surface area contributed by atoms with Gasteiger partial charge in [-0.3, -0.25) is 20.4 Å². The van der Waals surface area contributed by atoms with Crippen LogP contribution in [-0.4, -0.2) is 40.3 Å². The second kappa shape index (κ2) is 10.1. The molecule has 2 N–H and O–H groups in total. The molecule has 0 aliphatic heterocycles. The number of benzene rings is 2. The Bertz CT molecular complexity index is 795. The van der Waals surface area contributed by atoms with Gasteiger partial charge in [-0.2, -0.15) is 0 Å². The molecule has 2 rings (SSSR count). The summed E-state index contributed by atoms with van der Waals surface area (Å²) in [5.41, 5.74) is 6.04. The first kappa shape index (κ1) is 20.9. The fourth-order valence-corrected chi connectivity index (χ4v) is 2.54. The molecule has 2 amide bonds. The third kappa shape index (κ3) is 5.29. The highest BCUT2D eigenvalue weighted by Gasteiger charge is 2.14. The van der Waals surface area contributed by atoms with Gasteiger partial charge in [-0.05, 0) is 48.4 Å². The van der Waals surface area contributed by atoms with Crippen molar-refractivity contribution in [2.45, 2.75) is 12.8 Å². The Morgan fingerprint density at radius 2 is 1.43 bits per heavy atom. The number of hydrogen-bond acceptors (Lipinski definition) is 6. The molecule has 8 nitrogen and oxygen atoms in total. The van der Waals surface area contributed by atoms with E-state index in [9.17, 15) is 9.59 Å². The molecule has 2 aromatic carbocycles. The summed E-state index contributed by atoms with van der Waals surface area (Å²) in [6, 6.07) is 10.1. The van der Waals surface area contributed by atoms with Crippen LogP contribution in [0.3, 0.4) is 0 Å². The van der Waals surface area contributed by atoms with Crippen molar-refractivity contribution in [1.82, 2.24) is 10.9 Å². The van der Waals surface area contributed by atoms with Crippen molar-refractivity contribution in [1.29, 1.82) is 0 Å². The summed E-state index contributed by atoms with van der Waals surface area (Å²) in [5, 5.41) is 0. The minimum atomic E-state index is -0.413. The maximum absolute atomic E-state index is 12.1. The van der Waals surface area contributed by atoms with Gasteiger partial charge >= 0.3 is 0 Å². The van der Waals surface area contributed by atoms with Crippen LogP contribution >= 0.6 is 0 Å². The van der Waals surface area contributed by atoms with Gasteiger partial charge in [0.15, 0.2) is 11.5 Å². The molecule has 0 aliphatic carbocycles. The third-order valence-electron chi connectivity index (χ3n) is 4.03. The summed E-state index contributed by atoms with van der Waals surface area (Å²) >= 11 is 0. The van der Waals surface area contributed by atoms with Gasteiger partial charge in [-0.15, -0.1) is 0 Å². The summed E-state index contributed by atoms with van der Waals surface area (Å²) in [4.78, 5) is 24.1. The number of aryl methyl sites for hydroxylation is 1. The Kier molecular flexibility index (Phi) is 7.50. The van der Waals surface area contributed by atoms with Gasteiger partial charge in [-0.1, -0.05) is 0 Å². The maximum Gasteiger partial charge on any atom is 0.269 e. The highest BCUT2D eigenvalue weighted by Crippen LogP contribution is 2.38. The van der Waals surface area contributed by atoms with Crippen LogP contribution in [0.25, 0.3) is 0 Å². The third-order valence-corrected chi connectivity index (χ3v) is 4.03. The molecule has 8 heteroatoms. The minimum Gasteiger partial charge on any atom is -0.497 e. The Balaban J connectivity index is 1.90. The quantitative estimate of drug-likeness (QED) is 0.673. The van der Waals surface area contributed by atoms with E-state index in [1.807, 2.05) is 0 Å². The number of carbonyl (C=O) groups is 2. The molecule has 0 radical (unpaired) electrons. The van der Waals surface area contributed by atoms with Gasteiger partial charge in [0.05, 0.1) is 28.4 Å². The van der Waals surface area contributed by atoms with Crippen molar-refractivity contribution < 1.29 is 28.5 Å². The van der Waals surface area contributed by atoms with E-state index in [4.69, 9.17) is 18.9 Å². The van der Waals surface area contributed by atoms with Crippen LogP contribution in [0, 0.1) is 0 Å². The van der Waals surface area contributed by atoms with Crippen molar-refractivity contribution in [2.24, 2.45) is 0 Å². The zero-order valence-corrected chi connectivity index (χ0v) is 16.3. The zero-order valence-electron chi connectivity index (χ0n) is 16.3. The first-order valence-electron chi connectivity index (χ1n) is 8.54. The molecular weight excluding hydrogens is 364 g/mol. The lowest BCUT2D eigenvalue weighted by atomic mass is 10.1. The lowest BCUT2D eigenvalue weighted by Crippen LogP contribution is -2.41. The second-order valence-electron chi connectivity index (χ2n) is 5.76. The topological polar surface area (TPSA) is 95.1 Å². The Labute approximate surface area is 163 Å². The summed E-state index contributed by atoms with van der Waals surface area (Å²) in [6.45, 7) is 0. The largest absolute Gasteiger partial charge is 0.497 e. The highest BCUT2D eigenvalue weighted by molar-refractivity contribution is 5.95. The normalized spacial score (nSPS) is 10.0. The maximum atomic E-state index is 12.1. The van der Waals surface area contributed by atoms with Crippen LogP contribution in [0.2, 0.25) is 0 Å². The smallest absolute Gasteiger partial charge is 0.269 e. The Morgan fingerprint density at radius 3 is 1.93 bits per heavy atom. The number of hydrazine groups is 1. The van der Waals surface area contributed by atoms with Crippen LogP contribution < -0.4 is 29.8 Å². The number of carbonyl (C=O) groups excluding carboxylic acids is 2. The molecule has 0 aliphatic rings. The van der Waals surface area contributed by atoms with E-state index in [0.717, 1.165) is 5.56 Å². The fourth-order valence-electron chi connectivity index (χ4n) is 2.54. The lowest BCUT2D eigenvalue weighted by Gasteiger charge is -2.14. The van der Waals surface area contributed by atoms with E-state index in [2.05, 4.69) is 10.9 Å². The average Bonchev–Trinajstić information content (AvgIpc) is 2.74. The van der Waals surface area contributed by atoms with Crippen molar-refractivity contribution in [3.05, 3.63) is 47.5 Å². The van der Waals surface area contributed by atoms with Crippen LogP contribution in [-0.2, 0) is 11.2 Å². The Morgan fingerprint density at radius 1 is 0.821 bits per heavy atom. The average molecular weight is 388 g/mol. The molecule has 0 saturated carbocycles. The van der Waals surface area contributed by atoms with Crippen molar-refractivity contribution in [3.63, 3.8) is 0 Å². The van der Waals surface area contributed by atoms with Crippen molar-refractivity contribution in [3.8, 4) is 23.0 Å². The zero-order chi connectivity index (χ0) is 20.5. The molecule has 150 valence electrons. The van der Waals surface area contributed by atoms with E-state index >= 15 is 0 Å². The summed E-state index contributed by atoms with van der Waals surface area (Å²) < 4.78 is 20.9. The molecule has 0 saturated heterocycles. The molecule has 0 aromatic heterocycles. The minimum absolute atomic E-state index is 0.168. The van der Waals surface area contributed by atoms with E-state index in [1.165, 1.54) is 21.3 Å². The van der Waals surface area contributed by atoms with Gasteiger partial charge in [-0.25, -0.2) is 0 Å². The van der Waals surface area contributed by atoms with Crippen LogP contribution in [0.5, 0.6) is 23.0 Å². The van der Waals surface area contributed by atoms with Gasteiger partial charge in [0.2, 0.25) is 11.7 Å². The van der Waals surface area contributed by atoms with E-state index < -0.39 is 5.91 Å². The molecule has 0 atom stereocenters. The van der Waals surface area contributed by atoms with Gasteiger partial charge in [0.25, 0.3) is 5.91 Å². The standard InChI is InChI=1S/C20H24N2O6/c1-25-15-8-6-14(7-9-15)20(24)22-21-18(23)10-5-13-11-16(26-2)19(28-4)17(12-13)27-3/h6-9,11-12H,5,10H2,1-4H3,(H,21,23)(H,22,24). The molecule has 0 spiro atoms. The number of amides is 2. The predicted molar refractivity (Wildman–Crippen MR) is 103 cm³/mol. The van der Waals surface area contributed by atoms with Gasteiger partial charge < -0.3 is 18.9 Å². The van der Waals surface area contributed by atoms with Crippen LogP contribution in [0.4, 0.5) is 0 Å². The second-order valence-corrected chi connectivity index (χ2v) is 5.76. The number of nitrogens with one attached hydrogen (secondary N) is 2. The molecule has 2 aromatic rings. The molecule has 0 heterocycles. The fraction of sp³-hybridized carbons (Fsp3) is 0.300. The first-order chi connectivity index (χ1) is 13.5. The molecule has 0 fully saturated rings. The van der Waals surface area contributed by atoms with Gasteiger partial charge in [0.1, 0.15) is 5.75 Å². The SMILES string of the molecule is COc1ccc(C(=O)NNC(=O)CCc2cc(OC)c(OC)c(OC)c2)cc1. The lowest BCUT2D eigenvalue weighted by molar-refractivity contribution is -0.121. The molecule has 0 bridgehead atoms. The molecular formula is C20H24N2O6. The number of methoxy groups -OCH3 is 4. The highest BCUT2D eigenvalue weighted by atomic mass is 16.5. The summed E-state index contributed by atoms with van der Waals surface area (Å²) in [6.07, 6.45) is 0.600. The van der Waals surface area contributed by atoms with Gasteiger partial charge in [0, 0.05) is 12.0 Å². The first-order valence-corrected chi connectivity index (χ1v) is 8.54. The number of hydrogen-bond donors (Lipinski definition) is 2. The van der Waals surface area contributed by atoms with E-state index in [1.54, 1.807) is 43.5 Å². The summed E-state index contributed by atoms with van der Waals surface area (Å²) in [5.74, 6) is 1.44. The van der Waals surface area contributed by atoms with E-state index in [-0.39, 0.29) is 12.3 Å². The van der Waals surface area contributed by atoms with Crippen molar-refractivity contribution in [2.75, 3.05) is 28.4 Å². The predicted octanol–water partition coefficient (Wildman–Crippen LogP) is 2.11. The van der Waals surface area contributed by atoms with Crippen molar-refractivity contribution >= 4 is 11.8 Å². The summed E-state index contributed by atoms with van der Waals surface area (Å²) in [7, 11) is 6.13. The Hall–Kier alpha value is -3.42. The van der Waals surface area contributed by atoms with Crippen LogP contribution in [0.1, 0.15) is 22.3 Å². The van der Waals surface area contributed by atoms with Crippen LogP contribution in [0.15, 0.2) is 36.4 Å².